The molecule has 2 heterocycles. The van der Waals surface area contributed by atoms with Crippen LogP contribution in [0.25, 0.3) is 0 Å². The summed E-state index contributed by atoms with van der Waals surface area (Å²) < 4.78 is 75.7. The molecule has 0 bridgehead atoms. The van der Waals surface area contributed by atoms with Crippen LogP contribution >= 0.6 is 0 Å². The van der Waals surface area contributed by atoms with Gasteiger partial charge in [0.25, 0.3) is 0 Å². The van der Waals surface area contributed by atoms with Crippen LogP contribution in [0.5, 0.6) is 57.5 Å². The lowest BCUT2D eigenvalue weighted by Crippen LogP contribution is -3.00. The van der Waals surface area contributed by atoms with Gasteiger partial charge in [-0.1, -0.05) is 12.2 Å². The molecule has 4 atom stereocenters. The molecule has 0 aromatic heterocycles. The number of likely N-dealkylation sites (N-methyl/N-ethyl adjacent to an activating group) is 2. The van der Waals surface area contributed by atoms with Gasteiger partial charge >= 0.3 is 11.9 Å². The van der Waals surface area contributed by atoms with Crippen LogP contribution in [0.2, 0.25) is 0 Å². The molecule has 80 heavy (non-hydrogen) atoms. The van der Waals surface area contributed by atoms with Crippen molar-refractivity contribution < 1.29 is 105 Å². The molecule has 0 unspecified atom stereocenters. The molecule has 444 valence electrons. The number of carbonyl (C=O) groups excluding carboxylic acids is 2. The van der Waals surface area contributed by atoms with Gasteiger partial charge in [0.05, 0.1) is 131 Å². The fraction of sp³-hybridized carbons (Fsp3) is 0.541. The molecule has 17 nitrogen and oxygen atoms in total. The quantitative estimate of drug-likeness (QED) is 0.0304. The van der Waals surface area contributed by atoms with E-state index in [0.29, 0.717) is 110 Å². The summed E-state index contributed by atoms with van der Waals surface area (Å²) in [5, 5.41) is 0. The maximum absolute atomic E-state index is 12.8. The first kappa shape index (κ1) is 66.5. The number of methoxy groups -OCH3 is 10. The zero-order valence-electron chi connectivity index (χ0n) is 49.1. The number of hydrogen-bond donors (Lipinski definition) is 0. The monoisotopic (exact) mass is 1160 g/mol. The number of quaternary nitrogens is 2. The number of nitrogens with zero attached hydrogens (tertiary/aromatic N) is 2. The van der Waals surface area contributed by atoms with E-state index in [1.807, 2.05) is 36.4 Å². The number of carbonyl (C=O) groups is 2. The lowest BCUT2D eigenvalue weighted by atomic mass is 9.86. The number of fused-ring (bicyclic) bond motifs is 2. The van der Waals surface area contributed by atoms with Crippen LogP contribution in [0.3, 0.4) is 0 Å². The highest BCUT2D eigenvalue weighted by Gasteiger charge is 2.42. The molecule has 0 radical (unpaired) electrons. The Labute approximate surface area is 486 Å². The Morgan fingerprint density at radius 3 is 1.15 bits per heavy atom. The maximum Gasteiger partial charge on any atom is 0.306 e. The number of benzene rings is 4. The number of allylic oxidation sites excluding steroid dienone is 2. The standard InChI is InChI=1S/C61H86N2O15.2ClH/c1-62(26-22-44-38-50(66-3)52(68-5)40-46(44)48(62)32-42-34-54(70-7)60(74-11)55(35-42)71-8)24-17-28-76-29-19-31-78-59(65)21-16-14-13-15-20-58(64)77-30-18-25-63(2)27-23-45-39-51(67-4)53(69-6)41-47(45)49(63)33-43-36-56(72-9)61(75-12)57(37-43)73-10;;/h13-14,34-41,48-49H,15-33H2,1-12H3;2*1H/q+2;;/p-2/b14-13+;;/t48-,49-,62+,63-;;/m1../s1. The number of hydrogen-bond acceptors (Lipinski definition) is 15. The van der Waals surface area contributed by atoms with Crippen LogP contribution in [0.1, 0.15) is 90.4 Å². The van der Waals surface area contributed by atoms with Crippen LogP contribution in [-0.2, 0) is 49.5 Å². The van der Waals surface area contributed by atoms with Crippen molar-refractivity contribution in [3.63, 3.8) is 0 Å². The molecule has 0 amide bonds. The van der Waals surface area contributed by atoms with Gasteiger partial charge in [-0.3, -0.25) is 9.59 Å². The summed E-state index contributed by atoms with van der Waals surface area (Å²) >= 11 is 0. The topological polar surface area (TPSA) is 154 Å². The molecule has 0 aliphatic carbocycles. The molecule has 2 aliphatic rings. The summed E-state index contributed by atoms with van der Waals surface area (Å²) in [6.07, 6.45) is 10.8. The Kier molecular flexibility index (Phi) is 27.0. The maximum atomic E-state index is 12.8. The van der Waals surface area contributed by atoms with Crippen molar-refractivity contribution in [3.8, 4) is 57.5 Å². The van der Waals surface area contributed by atoms with Crippen LogP contribution in [0.4, 0.5) is 0 Å². The fourth-order valence-electron chi connectivity index (χ4n) is 11.2. The Balaban J connectivity index is 0.00000689. The first-order chi connectivity index (χ1) is 37.7. The summed E-state index contributed by atoms with van der Waals surface area (Å²) in [4.78, 5) is 25.3. The number of esters is 2. The van der Waals surface area contributed by atoms with Crippen LogP contribution in [-0.4, -0.2) is 159 Å². The molecule has 0 N–H and O–H groups in total. The zero-order chi connectivity index (χ0) is 56.2. The predicted molar refractivity (Wildman–Crippen MR) is 298 cm³/mol. The molecular weight excluding hydrogens is 1070 g/mol. The summed E-state index contributed by atoms with van der Waals surface area (Å²) in [7, 11) is 21.0. The first-order valence-corrected chi connectivity index (χ1v) is 27.1. The molecule has 0 saturated carbocycles. The molecule has 19 heteroatoms. The van der Waals surface area contributed by atoms with E-state index in [4.69, 9.17) is 61.6 Å². The second-order valence-corrected chi connectivity index (χ2v) is 20.3. The molecule has 6 rings (SSSR count). The van der Waals surface area contributed by atoms with Crippen molar-refractivity contribution in [1.82, 2.24) is 0 Å². The van der Waals surface area contributed by atoms with E-state index >= 15 is 0 Å². The number of rotatable bonds is 32. The second-order valence-electron chi connectivity index (χ2n) is 20.3. The van der Waals surface area contributed by atoms with E-state index in [1.165, 1.54) is 22.3 Å². The number of halogens is 2. The average Bonchev–Trinajstić information content (AvgIpc) is 3.50. The van der Waals surface area contributed by atoms with Crippen molar-refractivity contribution >= 4 is 11.9 Å². The number of ether oxygens (including phenoxy) is 13. The highest BCUT2D eigenvalue weighted by Crippen LogP contribution is 2.47. The smallest absolute Gasteiger partial charge is 0.306 e. The third-order valence-electron chi connectivity index (χ3n) is 15.5. The van der Waals surface area contributed by atoms with Crippen LogP contribution < -0.4 is 72.2 Å². The van der Waals surface area contributed by atoms with E-state index in [2.05, 4.69) is 38.4 Å². The molecule has 0 spiro atoms. The largest absolute Gasteiger partial charge is 1.00 e. The third kappa shape index (κ3) is 16.8. The van der Waals surface area contributed by atoms with Gasteiger partial charge < -0.3 is 95.4 Å². The van der Waals surface area contributed by atoms with Gasteiger partial charge in [-0.25, -0.2) is 0 Å². The highest BCUT2D eigenvalue weighted by atomic mass is 35.5. The van der Waals surface area contributed by atoms with E-state index in [9.17, 15) is 9.59 Å². The van der Waals surface area contributed by atoms with Gasteiger partial charge in [0, 0.05) is 75.5 Å². The minimum absolute atomic E-state index is 0. The van der Waals surface area contributed by atoms with Crippen molar-refractivity contribution in [2.24, 2.45) is 0 Å². The van der Waals surface area contributed by atoms with Gasteiger partial charge in [0.15, 0.2) is 46.0 Å². The minimum Gasteiger partial charge on any atom is -1.00 e. The van der Waals surface area contributed by atoms with Gasteiger partial charge in [-0.2, -0.15) is 0 Å². The van der Waals surface area contributed by atoms with Crippen molar-refractivity contribution in [3.05, 3.63) is 94.1 Å². The van der Waals surface area contributed by atoms with Crippen LogP contribution in [0, 0.1) is 0 Å². The SMILES string of the molecule is COc1cc2c(cc1OC)[C@@H](Cc1cc(OC)c(OC)c(OC)c1)[N@@+](C)(CCCOCCCOC(=O)CC/C=C/CCC(=O)OCCC[N@+]1(C)CCc3cc(OC)c(OC)cc3[C@H]1Cc1cc(OC)c(OC)c(OC)c1)CC2.[Cl-].[Cl-]. The van der Waals surface area contributed by atoms with Crippen molar-refractivity contribution in [1.29, 1.82) is 0 Å². The van der Waals surface area contributed by atoms with Gasteiger partial charge in [0.1, 0.15) is 12.1 Å². The summed E-state index contributed by atoms with van der Waals surface area (Å²) in [6.45, 7) is 5.25. The second kappa shape index (κ2) is 32.5. The third-order valence-corrected chi connectivity index (χ3v) is 15.5. The van der Waals surface area contributed by atoms with E-state index in [-0.39, 0.29) is 61.7 Å². The molecule has 0 fully saturated rings. The van der Waals surface area contributed by atoms with E-state index < -0.39 is 0 Å². The predicted octanol–water partition coefficient (Wildman–Crippen LogP) is 3.44. The highest BCUT2D eigenvalue weighted by molar-refractivity contribution is 5.70. The van der Waals surface area contributed by atoms with Crippen molar-refractivity contribution in [2.45, 2.75) is 82.7 Å². The zero-order valence-corrected chi connectivity index (χ0v) is 50.6. The molecule has 4 aromatic rings. The van der Waals surface area contributed by atoms with Gasteiger partial charge in [0.2, 0.25) is 11.5 Å². The summed E-state index contributed by atoms with van der Waals surface area (Å²) in [6, 6.07) is 16.7. The lowest BCUT2D eigenvalue weighted by Gasteiger charge is -2.46. The first-order valence-electron chi connectivity index (χ1n) is 27.1. The summed E-state index contributed by atoms with van der Waals surface area (Å²) in [5.41, 5.74) is 7.03. The van der Waals surface area contributed by atoms with Gasteiger partial charge in [-0.15, -0.1) is 0 Å². The Morgan fingerprint density at radius 2 is 0.787 bits per heavy atom. The van der Waals surface area contributed by atoms with Gasteiger partial charge in [-0.05, 0) is 83.6 Å². The van der Waals surface area contributed by atoms with Crippen LogP contribution in [0.15, 0.2) is 60.7 Å². The molecular formula is C61H86Cl2N2O15. The minimum atomic E-state index is -0.257. The normalized spacial score (nSPS) is 18.1. The Morgan fingerprint density at radius 1 is 0.450 bits per heavy atom. The molecule has 0 saturated heterocycles. The Bertz CT molecular complexity index is 2600. The van der Waals surface area contributed by atoms with Crippen molar-refractivity contribution in [2.75, 3.05) is 138 Å². The summed E-state index contributed by atoms with van der Waals surface area (Å²) in [5.74, 6) is 5.90. The average molecular weight is 1160 g/mol. The molecule has 4 aromatic carbocycles. The molecule has 2 aliphatic heterocycles. The van der Waals surface area contributed by atoms with E-state index in [0.717, 1.165) is 77.7 Å². The fourth-order valence-corrected chi connectivity index (χ4v) is 11.2. The Hall–Kier alpha value is -5.98. The van der Waals surface area contributed by atoms with E-state index in [1.54, 1.807) is 71.1 Å². The lowest BCUT2D eigenvalue weighted by molar-refractivity contribution is -0.941.